The van der Waals surface area contributed by atoms with Crippen molar-refractivity contribution >= 4 is 29.9 Å². The van der Waals surface area contributed by atoms with Crippen LogP contribution in [0.4, 0.5) is 0 Å². The average molecular weight is 292 g/mol. The maximum atomic E-state index is 11.9. The first-order valence-electron chi connectivity index (χ1n) is 6.04. The Balaban J connectivity index is 1.92. The number of carbonyl (C=O) groups is 1. The molecule has 1 N–H and O–H groups in total. The highest BCUT2D eigenvalue weighted by atomic mass is 32.1. The summed E-state index contributed by atoms with van der Waals surface area (Å²) in [7, 11) is 0. The second kappa shape index (κ2) is 6.21. The third-order valence-corrected chi connectivity index (χ3v) is 4.08. The summed E-state index contributed by atoms with van der Waals surface area (Å²) in [6.45, 7) is 3.96. The topological polar surface area (TPSA) is 42.0 Å². The van der Waals surface area contributed by atoms with Gasteiger partial charge in [0.15, 0.2) is 0 Å². The molecule has 3 nitrogen and oxygen atoms in total. The maximum Gasteiger partial charge on any atom is 0.224 e. The van der Waals surface area contributed by atoms with Crippen LogP contribution in [0.2, 0.25) is 0 Å². The molecule has 0 saturated carbocycles. The molecule has 1 aromatic carbocycles. The van der Waals surface area contributed by atoms with Gasteiger partial charge in [0, 0.05) is 16.0 Å². The number of thiol groups is 1. The van der Waals surface area contributed by atoms with Crippen molar-refractivity contribution in [2.45, 2.75) is 31.2 Å². The Morgan fingerprint density at radius 1 is 1.42 bits per heavy atom. The molecule has 19 heavy (non-hydrogen) atoms. The first-order valence-corrected chi connectivity index (χ1v) is 7.30. The van der Waals surface area contributed by atoms with Crippen molar-refractivity contribution in [1.82, 2.24) is 10.3 Å². The van der Waals surface area contributed by atoms with Crippen LogP contribution in [0, 0.1) is 6.92 Å². The molecule has 1 unspecified atom stereocenters. The van der Waals surface area contributed by atoms with E-state index < -0.39 is 0 Å². The van der Waals surface area contributed by atoms with E-state index in [1.54, 1.807) is 11.3 Å². The molecular weight excluding hydrogens is 276 g/mol. The summed E-state index contributed by atoms with van der Waals surface area (Å²) in [4.78, 5) is 18.3. The molecule has 1 atom stereocenters. The standard InChI is InChI=1S/C14H16N2OS2/c1-9-8-15-14(19-9)10(2)16-13(17)7-11-3-5-12(18)6-4-11/h3-6,8,10,18H,7H2,1-2H3,(H,16,17). The van der Waals surface area contributed by atoms with E-state index in [1.165, 1.54) is 0 Å². The summed E-state index contributed by atoms with van der Waals surface area (Å²) in [5, 5.41) is 3.90. The number of hydrogen-bond acceptors (Lipinski definition) is 4. The van der Waals surface area contributed by atoms with Crippen LogP contribution in [0.1, 0.15) is 28.4 Å². The van der Waals surface area contributed by atoms with Crippen molar-refractivity contribution in [3.8, 4) is 0 Å². The molecule has 0 bridgehead atoms. The zero-order valence-corrected chi connectivity index (χ0v) is 12.6. The third-order valence-electron chi connectivity index (χ3n) is 2.69. The van der Waals surface area contributed by atoms with Gasteiger partial charge in [0.1, 0.15) is 5.01 Å². The third kappa shape index (κ3) is 4.08. The fourth-order valence-electron chi connectivity index (χ4n) is 1.73. The number of carbonyl (C=O) groups excluding carboxylic acids is 1. The molecule has 0 radical (unpaired) electrons. The highest BCUT2D eigenvalue weighted by Crippen LogP contribution is 2.19. The van der Waals surface area contributed by atoms with Gasteiger partial charge in [-0.15, -0.1) is 24.0 Å². The number of amides is 1. The van der Waals surface area contributed by atoms with Crippen LogP contribution < -0.4 is 5.32 Å². The molecule has 0 aliphatic carbocycles. The lowest BCUT2D eigenvalue weighted by Gasteiger charge is -2.11. The Labute approximate surface area is 122 Å². The number of rotatable bonds is 4. The molecule has 1 amide bonds. The van der Waals surface area contributed by atoms with E-state index in [0.717, 1.165) is 20.3 Å². The van der Waals surface area contributed by atoms with E-state index in [1.807, 2.05) is 44.3 Å². The number of nitrogens with one attached hydrogen (secondary N) is 1. The quantitative estimate of drug-likeness (QED) is 0.850. The van der Waals surface area contributed by atoms with Gasteiger partial charge in [0.2, 0.25) is 5.91 Å². The number of aromatic nitrogens is 1. The molecule has 2 aromatic rings. The lowest BCUT2D eigenvalue weighted by Crippen LogP contribution is -2.28. The summed E-state index contributed by atoms with van der Waals surface area (Å²) in [6.07, 6.45) is 2.21. The molecule has 0 spiro atoms. The molecule has 1 heterocycles. The normalized spacial score (nSPS) is 12.2. The van der Waals surface area contributed by atoms with Gasteiger partial charge in [-0.1, -0.05) is 12.1 Å². The zero-order valence-electron chi connectivity index (χ0n) is 10.9. The Bertz CT molecular complexity index is 563. The second-order valence-corrected chi connectivity index (χ2v) is 6.22. The lowest BCUT2D eigenvalue weighted by molar-refractivity contribution is -0.121. The Hall–Kier alpha value is -1.33. The largest absolute Gasteiger partial charge is 0.347 e. The monoisotopic (exact) mass is 292 g/mol. The van der Waals surface area contributed by atoms with E-state index in [9.17, 15) is 4.79 Å². The van der Waals surface area contributed by atoms with Gasteiger partial charge in [-0.3, -0.25) is 4.79 Å². The molecule has 0 aliphatic rings. The lowest BCUT2D eigenvalue weighted by atomic mass is 10.1. The van der Waals surface area contributed by atoms with Crippen molar-refractivity contribution in [3.05, 3.63) is 45.9 Å². The zero-order chi connectivity index (χ0) is 13.8. The van der Waals surface area contributed by atoms with Gasteiger partial charge in [0.25, 0.3) is 0 Å². The predicted molar refractivity (Wildman–Crippen MR) is 80.8 cm³/mol. The Kier molecular flexibility index (Phi) is 4.61. The van der Waals surface area contributed by atoms with Gasteiger partial charge in [-0.2, -0.15) is 0 Å². The van der Waals surface area contributed by atoms with Crippen LogP contribution in [-0.2, 0) is 11.2 Å². The molecule has 2 rings (SSSR count). The van der Waals surface area contributed by atoms with Crippen LogP contribution in [0.15, 0.2) is 35.4 Å². The number of nitrogens with zero attached hydrogens (tertiary/aromatic N) is 1. The van der Waals surface area contributed by atoms with Crippen molar-refractivity contribution in [1.29, 1.82) is 0 Å². The van der Waals surface area contributed by atoms with Crippen molar-refractivity contribution in [2.75, 3.05) is 0 Å². The minimum Gasteiger partial charge on any atom is -0.347 e. The van der Waals surface area contributed by atoms with E-state index >= 15 is 0 Å². The van der Waals surface area contributed by atoms with Crippen molar-refractivity contribution < 1.29 is 4.79 Å². The summed E-state index contributed by atoms with van der Waals surface area (Å²) < 4.78 is 0. The van der Waals surface area contributed by atoms with E-state index in [0.29, 0.717) is 6.42 Å². The first kappa shape index (κ1) is 14.1. The summed E-state index contributed by atoms with van der Waals surface area (Å²) in [5.74, 6) is 0.00673. The van der Waals surface area contributed by atoms with Crippen LogP contribution >= 0.6 is 24.0 Å². The molecule has 0 saturated heterocycles. The molecule has 1 aromatic heterocycles. The van der Waals surface area contributed by atoms with Crippen LogP contribution in [0.3, 0.4) is 0 Å². The molecule has 100 valence electrons. The van der Waals surface area contributed by atoms with Crippen LogP contribution in [0.25, 0.3) is 0 Å². The molecular formula is C14H16N2OS2. The Morgan fingerprint density at radius 2 is 2.11 bits per heavy atom. The average Bonchev–Trinajstić information content (AvgIpc) is 2.79. The predicted octanol–water partition coefficient (Wildman–Crippen LogP) is 3.16. The fraction of sp³-hybridized carbons (Fsp3) is 0.286. The van der Waals surface area contributed by atoms with Crippen LogP contribution in [-0.4, -0.2) is 10.9 Å². The number of thiazole rings is 1. The van der Waals surface area contributed by atoms with Crippen molar-refractivity contribution in [2.24, 2.45) is 0 Å². The first-order chi connectivity index (χ1) is 9.04. The maximum absolute atomic E-state index is 11.9. The van der Waals surface area contributed by atoms with Gasteiger partial charge < -0.3 is 5.32 Å². The SMILES string of the molecule is Cc1cnc(C(C)NC(=O)Cc2ccc(S)cc2)s1. The van der Waals surface area contributed by atoms with Crippen molar-refractivity contribution in [3.63, 3.8) is 0 Å². The van der Waals surface area contributed by atoms with E-state index in [4.69, 9.17) is 0 Å². The number of hydrogen-bond donors (Lipinski definition) is 2. The molecule has 0 aliphatic heterocycles. The smallest absolute Gasteiger partial charge is 0.224 e. The highest BCUT2D eigenvalue weighted by Gasteiger charge is 2.12. The van der Waals surface area contributed by atoms with E-state index in [-0.39, 0.29) is 11.9 Å². The molecule has 0 fully saturated rings. The number of benzene rings is 1. The van der Waals surface area contributed by atoms with Crippen LogP contribution in [0.5, 0.6) is 0 Å². The second-order valence-electron chi connectivity index (χ2n) is 4.44. The molecule has 5 heteroatoms. The minimum absolute atomic E-state index is 0.00673. The summed E-state index contributed by atoms with van der Waals surface area (Å²) in [5.41, 5.74) is 0.984. The Morgan fingerprint density at radius 3 is 2.68 bits per heavy atom. The summed E-state index contributed by atoms with van der Waals surface area (Å²) in [6, 6.07) is 7.56. The summed E-state index contributed by atoms with van der Waals surface area (Å²) >= 11 is 5.83. The van der Waals surface area contributed by atoms with E-state index in [2.05, 4.69) is 22.9 Å². The van der Waals surface area contributed by atoms with Gasteiger partial charge in [-0.25, -0.2) is 4.98 Å². The van der Waals surface area contributed by atoms with Gasteiger partial charge >= 0.3 is 0 Å². The minimum atomic E-state index is -0.0460. The number of aryl methyl sites for hydroxylation is 1. The highest BCUT2D eigenvalue weighted by molar-refractivity contribution is 7.80. The fourth-order valence-corrected chi connectivity index (χ4v) is 2.65. The van der Waals surface area contributed by atoms with Gasteiger partial charge in [-0.05, 0) is 31.5 Å². The van der Waals surface area contributed by atoms with Gasteiger partial charge in [0.05, 0.1) is 12.5 Å².